The van der Waals surface area contributed by atoms with E-state index in [4.69, 9.17) is 5.26 Å². The van der Waals surface area contributed by atoms with Crippen molar-refractivity contribution < 1.29 is 26.7 Å². The van der Waals surface area contributed by atoms with Crippen molar-refractivity contribution in [3.05, 3.63) is 23.0 Å². The van der Waals surface area contributed by atoms with E-state index in [0.29, 0.717) is 6.20 Å². The molecule has 1 rings (SSSR count). The summed E-state index contributed by atoms with van der Waals surface area (Å²) in [4.78, 5) is 2.95. The molecule has 0 unspecified atom stereocenters. The van der Waals surface area contributed by atoms with Crippen molar-refractivity contribution in [1.82, 2.24) is 4.98 Å². The minimum Gasteiger partial charge on any atom is -0.495 e. The Morgan fingerprint density at radius 1 is 1.41 bits per heavy atom. The normalized spacial score (nSPS) is 11.4. The molecule has 0 N–H and O–H groups in total. The van der Waals surface area contributed by atoms with Crippen LogP contribution in [0.15, 0.2) is 6.20 Å². The van der Waals surface area contributed by atoms with Gasteiger partial charge in [0.05, 0.1) is 7.11 Å². The summed E-state index contributed by atoms with van der Waals surface area (Å²) in [7, 11) is 0.862. The molecule has 0 aliphatic heterocycles. The Hall–Kier alpha value is -1.91. The lowest BCUT2D eigenvalue weighted by molar-refractivity contribution is -0.141. The molecule has 92 valence electrons. The third-order valence-electron chi connectivity index (χ3n) is 1.88. The second-order valence-corrected chi connectivity index (χ2v) is 2.88. The summed E-state index contributed by atoms with van der Waals surface area (Å²) in [6, 6.07) is 1.39. The lowest BCUT2D eigenvalue weighted by Gasteiger charge is -2.16. The second-order valence-electron chi connectivity index (χ2n) is 2.88. The molecule has 0 aromatic carbocycles. The average Bonchev–Trinajstić information content (AvgIpc) is 2.25. The first kappa shape index (κ1) is 13.2. The summed E-state index contributed by atoms with van der Waals surface area (Å²) in [5.74, 6) is -0.940. The predicted molar refractivity (Wildman–Crippen MR) is 45.5 cm³/mol. The molecule has 1 heterocycles. The van der Waals surface area contributed by atoms with E-state index in [1.165, 1.54) is 6.07 Å². The summed E-state index contributed by atoms with van der Waals surface area (Å²) >= 11 is 0. The monoisotopic (exact) mass is 252 g/mol. The molecule has 0 fully saturated rings. The molecule has 0 radical (unpaired) electrons. The standard InChI is InChI=1S/C9H5F5N2O/c1-17-7-4(2-15)3-16-6(8(10)11)5(7)9(12,13)14/h3,8H,1H3. The van der Waals surface area contributed by atoms with Gasteiger partial charge in [-0.05, 0) is 0 Å². The molecular weight excluding hydrogens is 247 g/mol. The highest BCUT2D eigenvalue weighted by molar-refractivity contribution is 5.50. The van der Waals surface area contributed by atoms with Crippen molar-refractivity contribution in [3.8, 4) is 11.8 Å². The van der Waals surface area contributed by atoms with Gasteiger partial charge in [0.15, 0.2) is 5.75 Å². The molecule has 1 aromatic heterocycles. The van der Waals surface area contributed by atoms with Crippen molar-refractivity contribution in [2.45, 2.75) is 12.6 Å². The first-order chi connectivity index (χ1) is 7.82. The minimum atomic E-state index is -5.07. The zero-order valence-electron chi connectivity index (χ0n) is 8.35. The number of alkyl halides is 5. The quantitative estimate of drug-likeness (QED) is 0.760. The fraction of sp³-hybridized carbons (Fsp3) is 0.333. The van der Waals surface area contributed by atoms with Crippen molar-refractivity contribution in [1.29, 1.82) is 5.26 Å². The van der Waals surface area contributed by atoms with E-state index in [1.807, 2.05) is 0 Å². The highest BCUT2D eigenvalue weighted by atomic mass is 19.4. The lowest BCUT2D eigenvalue weighted by Crippen LogP contribution is -2.14. The molecule has 0 bridgehead atoms. The number of methoxy groups -OCH3 is 1. The number of hydrogen-bond donors (Lipinski definition) is 0. The van der Waals surface area contributed by atoms with Crippen LogP contribution in [0.1, 0.15) is 23.2 Å². The Bertz CT molecular complexity index is 464. The van der Waals surface area contributed by atoms with E-state index in [0.717, 1.165) is 7.11 Å². The number of aromatic nitrogens is 1. The van der Waals surface area contributed by atoms with Crippen LogP contribution in [-0.4, -0.2) is 12.1 Å². The lowest BCUT2D eigenvalue weighted by atomic mass is 10.1. The maximum atomic E-state index is 12.6. The van der Waals surface area contributed by atoms with Crippen LogP contribution in [-0.2, 0) is 6.18 Å². The van der Waals surface area contributed by atoms with Crippen LogP contribution < -0.4 is 4.74 Å². The molecule has 0 saturated carbocycles. The Morgan fingerprint density at radius 3 is 2.35 bits per heavy atom. The van der Waals surface area contributed by atoms with Crippen LogP contribution >= 0.6 is 0 Å². The average molecular weight is 252 g/mol. The van der Waals surface area contributed by atoms with Gasteiger partial charge < -0.3 is 4.74 Å². The summed E-state index contributed by atoms with van der Waals surface area (Å²) in [5.41, 5.74) is -3.72. The van der Waals surface area contributed by atoms with E-state index < -0.39 is 35.2 Å². The van der Waals surface area contributed by atoms with Gasteiger partial charge in [0, 0.05) is 6.20 Å². The zero-order valence-corrected chi connectivity index (χ0v) is 8.35. The number of hydrogen-bond acceptors (Lipinski definition) is 3. The summed E-state index contributed by atoms with van der Waals surface area (Å²) in [6.07, 6.45) is -7.86. The molecule has 0 aliphatic carbocycles. The fourth-order valence-corrected chi connectivity index (χ4v) is 1.24. The molecule has 0 atom stereocenters. The van der Waals surface area contributed by atoms with Crippen molar-refractivity contribution in [2.24, 2.45) is 0 Å². The molecule has 0 saturated heterocycles. The van der Waals surface area contributed by atoms with Gasteiger partial charge in [-0.25, -0.2) is 8.78 Å². The van der Waals surface area contributed by atoms with Crippen molar-refractivity contribution in [2.75, 3.05) is 7.11 Å². The summed E-state index contributed by atoms with van der Waals surface area (Å²) < 4.78 is 67.0. The smallest absolute Gasteiger partial charge is 0.421 e. The first-order valence-electron chi connectivity index (χ1n) is 4.15. The Morgan fingerprint density at radius 2 is 2.00 bits per heavy atom. The fourth-order valence-electron chi connectivity index (χ4n) is 1.24. The maximum Gasteiger partial charge on any atom is 0.421 e. The van der Waals surface area contributed by atoms with Crippen LogP contribution in [0, 0.1) is 11.3 Å². The maximum absolute atomic E-state index is 12.6. The number of rotatable bonds is 2. The van der Waals surface area contributed by atoms with Gasteiger partial charge in [0.2, 0.25) is 0 Å². The molecule has 8 heteroatoms. The van der Waals surface area contributed by atoms with E-state index in [1.54, 1.807) is 0 Å². The Labute approximate surface area is 92.4 Å². The van der Waals surface area contributed by atoms with Crippen LogP contribution in [0.4, 0.5) is 22.0 Å². The van der Waals surface area contributed by atoms with E-state index >= 15 is 0 Å². The SMILES string of the molecule is COc1c(C#N)cnc(C(F)F)c1C(F)(F)F. The van der Waals surface area contributed by atoms with Gasteiger partial charge in [0.1, 0.15) is 22.9 Å². The Balaban J connectivity index is 3.64. The van der Waals surface area contributed by atoms with Crippen LogP contribution in [0.25, 0.3) is 0 Å². The van der Waals surface area contributed by atoms with Gasteiger partial charge in [-0.3, -0.25) is 4.98 Å². The summed E-state index contributed by atoms with van der Waals surface area (Å²) in [5, 5.41) is 8.54. The second kappa shape index (κ2) is 4.53. The third kappa shape index (κ3) is 2.43. The van der Waals surface area contributed by atoms with E-state index in [9.17, 15) is 22.0 Å². The van der Waals surface area contributed by atoms with Crippen molar-refractivity contribution in [3.63, 3.8) is 0 Å². The van der Waals surface area contributed by atoms with E-state index in [-0.39, 0.29) is 0 Å². The molecule has 3 nitrogen and oxygen atoms in total. The Kier molecular flexibility index (Phi) is 3.50. The largest absolute Gasteiger partial charge is 0.495 e. The number of nitrogens with zero attached hydrogens (tertiary/aromatic N) is 2. The molecule has 0 amide bonds. The highest BCUT2D eigenvalue weighted by Gasteiger charge is 2.41. The minimum absolute atomic E-state index is 0.552. The summed E-state index contributed by atoms with van der Waals surface area (Å²) in [6.45, 7) is 0. The van der Waals surface area contributed by atoms with Crippen LogP contribution in [0.5, 0.6) is 5.75 Å². The van der Waals surface area contributed by atoms with Crippen LogP contribution in [0.2, 0.25) is 0 Å². The number of nitriles is 1. The molecule has 0 spiro atoms. The van der Waals surface area contributed by atoms with Gasteiger partial charge in [0.25, 0.3) is 6.43 Å². The van der Waals surface area contributed by atoms with E-state index in [2.05, 4.69) is 9.72 Å². The van der Waals surface area contributed by atoms with Gasteiger partial charge >= 0.3 is 6.18 Å². The molecule has 17 heavy (non-hydrogen) atoms. The third-order valence-corrected chi connectivity index (χ3v) is 1.88. The number of halogens is 5. The predicted octanol–water partition coefficient (Wildman–Crippen LogP) is 2.92. The van der Waals surface area contributed by atoms with Crippen molar-refractivity contribution >= 4 is 0 Å². The van der Waals surface area contributed by atoms with Gasteiger partial charge in [-0.1, -0.05) is 0 Å². The topological polar surface area (TPSA) is 45.9 Å². The number of pyridine rings is 1. The van der Waals surface area contributed by atoms with Crippen LogP contribution in [0.3, 0.4) is 0 Å². The zero-order chi connectivity index (χ0) is 13.2. The molecule has 0 aliphatic rings. The molecular formula is C9H5F5N2O. The first-order valence-corrected chi connectivity index (χ1v) is 4.15. The van der Waals surface area contributed by atoms with Gasteiger partial charge in [-0.2, -0.15) is 18.4 Å². The highest BCUT2D eigenvalue weighted by Crippen LogP contribution is 2.42. The van der Waals surface area contributed by atoms with Gasteiger partial charge in [-0.15, -0.1) is 0 Å². The number of ether oxygens (including phenoxy) is 1. The molecule has 1 aromatic rings.